The molecule has 0 aliphatic heterocycles. The summed E-state index contributed by atoms with van der Waals surface area (Å²) in [5, 5.41) is 9.32. The van der Waals surface area contributed by atoms with Crippen molar-refractivity contribution < 1.29 is 14.6 Å². The van der Waals surface area contributed by atoms with Crippen LogP contribution in [0.25, 0.3) is 17.1 Å². The normalized spacial score (nSPS) is 10.6. The van der Waals surface area contributed by atoms with Gasteiger partial charge in [-0.1, -0.05) is 18.2 Å². The van der Waals surface area contributed by atoms with Crippen LogP contribution < -0.4 is 4.74 Å². The first-order chi connectivity index (χ1) is 11.5. The summed E-state index contributed by atoms with van der Waals surface area (Å²) in [6, 6.07) is 13.4. The van der Waals surface area contributed by atoms with Crippen molar-refractivity contribution in [2.24, 2.45) is 0 Å². The van der Waals surface area contributed by atoms with Crippen molar-refractivity contribution in [3.8, 4) is 22.8 Å². The van der Waals surface area contributed by atoms with Gasteiger partial charge in [0, 0.05) is 17.4 Å². The fourth-order valence-corrected chi connectivity index (χ4v) is 2.52. The molecule has 0 fully saturated rings. The number of nitrogens with zero attached hydrogens (tertiary/aromatic N) is 2. The van der Waals surface area contributed by atoms with Gasteiger partial charge in [-0.05, 0) is 49.2 Å². The second kappa shape index (κ2) is 6.20. The lowest BCUT2D eigenvalue weighted by Gasteiger charge is -2.10. The second-order valence-electron chi connectivity index (χ2n) is 5.63. The number of aromatic nitrogens is 2. The first-order valence-corrected chi connectivity index (χ1v) is 7.54. The summed E-state index contributed by atoms with van der Waals surface area (Å²) in [7, 11) is 1.59. The highest BCUT2D eigenvalue weighted by Crippen LogP contribution is 2.27. The maximum Gasteiger partial charge on any atom is 0.356 e. The van der Waals surface area contributed by atoms with Gasteiger partial charge in [0.05, 0.1) is 7.11 Å². The van der Waals surface area contributed by atoms with Crippen LogP contribution in [-0.4, -0.2) is 27.7 Å². The van der Waals surface area contributed by atoms with Crippen LogP contribution >= 0.6 is 0 Å². The average Bonchev–Trinajstić information content (AvgIpc) is 3.03. The van der Waals surface area contributed by atoms with Gasteiger partial charge in [-0.3, -0.25) is 4.57 Å². The number of aryl methyl sites for hydroxylation is 2. The van der Waals surface area contributed by atoms with Crippen molar-refractivity contribution in [2.75, 3.05) is 7.11 Å². The van der Waals surface area contributed by atoms with E-state index in [1.807, 2.05) is 56.3 Å². The standard InChI is InChI=1S/C19H18N2O3/c1-12-7-8-15(9-13(12)2)21-11-17(19(22)23)20-18(21)14-5-4-6-16(10-14)24-3/h4-11H,1-3H3,(H,22,23). The summed E-state index contributed by atoms with van der Waals surface area (Å²) in [6.45, 7) is 4.07. The predicted molar refractivity (Wildman–Crippen MR) is 92.0 cm³/mol. The number of hydrogen-bond acceptors (Lipinski definition) is 3. The molecule has 1 N–H and O–H groups in total. The van der Waals surface area contributed by atoms with Gasteiger partial charge in [0.2, 0.25) is 0 Å². The Kier molecular flexibility index (Phi) is 4.08. The molecule has 3 rings (SSSR count). The summed E-state index contributed by atoms with van der Waals surface area (Å²) >= 11 is 0. The summed E-state index contributed by atoms with van der Waals surface area (Å²) in [6.07, 6.45) is 1.54. The SMILES string of the molecule is COc1cccc(-c2nc(C(=O)O)cn2-c2ccc(C)c(C)c2)c1. The van der Waals surface area contributed by atoms with E-state index in [9.17, 15) is 9.90 Å². The predicted octanol–water partition coefficient (Wildman–Crippen LogP) is 3.86. The maximum atomic E-state index is 11.4. The van der Waals surface area contributed by atoms with Crippen LogP contribution in [0.5, 0.6) is 5.75 Å². The Hall–Kier alpha value is -3.08. The molecule has 0 atom stereocenters. The van der Waals surface area contributed by atoms with Gasteiger partial charge in [-0.25, -0.2) is 9.78 Å². The molecule has 3 aromatic rings. The maximum absolute atomic E-state index is 11.4. The number of ether oxygens (including phenoxy) is 1. The molecule has 5 heteroatoms. The lowest BCUT2D eigenvalue weighted by molar-refractivity contribution is 0.0691. The van der Waals surface area contributed by atoms with Crippen LogP contribution in [0.4, 0.5) is 0 Å². The molecular weight excluding hydrogens is 304 g/mol. The van der Waals surface area contributed by atoms with Crippen molar-refractivity contribution in [3.63, 3.8) is 0 Å². The van der Waals surface area contributed by atoms with Crippen molar-refractivity contribution >= 4 is 5.97 Å². The Morgan fingerprint density at radius 1 is 1.12 bits per heavy atom. The molecule has 0 radical (unpaired) electrons. The smallest absolute Gasteiger partial charge is 0.356 e. The van der Waals surface area contributed by atoms with Gasteiger partial charge in [-0.2, -0.15) is 0 Å². The van der Waals surface area contributed by atoms with Gasteiger partial charge in [0.25, 0.3) is 0 Å². The molecule has 0 saturated carbocycles. The summed E-state index contributed by atoms with van der Waals surface area (Å²) in [4.78, 5) is 15.7. The van der Waals surface area contributed by atoms with Gasteiger partial charge < -0.3 is 9.84 Å². The fourth-order valence-electron chi connectivity index (χ4n) is 2.52. The van der Waals surface area contributed by atoms with Crippen molar-refractivity contribution in [1.29, 1.82) is 0 Å². The first-order valence-electron chi connectivity index (χ1n) is 7.54. The first kappa shape index (κ1) is 15.8. The second-order valence-corrected chi connectivity index (χ2v) is 5.63. The van der Waals surface area contributed by atoms with Gasteiger partial charge in [-0.15, -0.1) is 0 Å². The molecule has 0 bridgehead atoms. The monoisotopic (exact) mass is 322 g/mol. The number of imidazole rings is 1. The van der Waals surface area contributed by atoms with Crippen molar-refractivity contribution in [1.82, 2.24) is 9.55 Å². The van der Waals surface area contributed by atoms with E-state index in [0.29, 0.717) is 11.6 Å². The third kappa shape index (κ3) is 2.88. The fraction of sp³-hybridized carbons (Fsp3) is 0.158. The van der Waals surface area contributed by atoms with Gasteiger partial charge in [0.1, 0.15) is 11.6 Å². The molecule has 5 nitrogen and oxygen atoms in total. The minimum atomic E-state index is -1.05. The van der Waals surface area contributed by atoms with E-state index < -0.39 is 5.97 Å². The lowest BCUT2D eigenvalue weighted by Crippen LogP contribution is -1.97. The number of carboxylic acids is 1. The molecule has 0 spiro atoms. The Balaban J connectivity index is 2.20. The molecule has 0 amide bonds. The molecule has 1 aromatic heterocycles. The number of rotatable bonds is 4. The van der Waals surface area contributed by atoms with Crippen LogP contribution in [0, 0.1) is 13.8 Å². The summed E-state index contributed by atoms with van der Waals surface area (Å²) < 4.78 is 7.05. The largest absolute Gasteiger partial charge is 0.497 e. The van der Waals surface area contributed by atoms with E-state index in [4.69, 9.17) is 4.74 Å². The van der Waals surface area contributed by atoms with E-state index in [-0.39, 0.29) is 5.69 Å². The Morgan fingerprint density at radius 3 is 2.58 bits per heavy atom. The Labute approximate surface area is 140 Å². The van der Waals surface area contributed by atoms with Crippen LogP contribution in [0.1, 0.15) is 21.6 Å². The lowest BCUT2D eigenvalue weighted by atomic mass is 10.1. The van der Waals surface area contributed by atoms with Crippen LogP contribution in [0.2, 0.25) is 0 Å². The summed E-state index contributed by atoms with van der Waals surface area (Å²) in [5.41, 5.74) is 3.98. The molecule has 0 unspecified atom stereocenters. The Morgan fingerprint density at radius 2 is 1.92 bits per heavy atom. The molecular formula is C19H18N2O3. The van der Waals surface area contributed by atoms with Crippen LogP contribution in [0.15, 0.2) is 48.7 Å². The van der Waals surface area contributed by atoms with Crippen molar-refractivity contribution in [2.45, 2.75) is 13.8 Å². The molecule has 0 saturated heterocycles. The minimum Gasteiger partial charge on any atom is -0.497 e. The van der Waals surface area contributed by atoms with Crippen LogP contribution in [0.3, 0.4) is 0 Å². The van der Waals surface area contributed by atoms with E-state index in [2.05, 4.69) is 4.98 Å². The molecule has 1 heterocycles. The molecule has 0 aliphatic rings. The molecule has 122 valence electrons. The van der Waals surface area contributed by atoms with E-state index in [0.717, 1.165) is 16.8 Å². The third-order valence-corrected chi connectivity index (χ3v) is 4.02. The van der Waals surface area contributed by atoms with E-state index in [1.54, 1.807) is 17.9 Å². The van der Waals surface area contributed by atoms with E-state index >= 15 is 0 Å². The highest BCUT2D eigenvalue weighted by atomic mass is 16.5. The highest BCUT2D eigenvalue weighted by Gasteiger charge is 2.16. The molecule has 0 aliphatic carbocycles. The zero-order valence-corrected chi connectivity index (χ0v) is 13.8. The number of carboxylic acid groups (broad SMARTS) is 1. The minimum absolute atomic E-state index is 0.00560. The van der Waals surface area contributed by atoms with Gasteiger partial charge >= 0.3 is 5.97 Å². The van der Waals surface area contributed by atoms with E-state index in [1.165, 1.54) is 5.56 Å². The molecule has 2 aromatic carbocycles. The number of methoxy groups -OCH3 is 1. The summed E-state index contributed by atoms with van der Waals surface area (Å²) in [5.74, 6) is 0.204. The molecule has 24 heavy (non-hydrogen) atoms. The third-order valence-electron chi connectivity index (χ3n) is 4.02. The zero-order chi connectivity index (χ0) is 17.3. The van der Waals surface area contributed by atoms with Crippen LogP contribution in [-0.2, 0) is 0 Å². The Bertz CT molecular complexity index is 913. The quantitative estimate of drug-likeness (QED) is 0.792. The van der Waals surface area contributed by atoms with Crippen molar-refractivity contribution in [3.05, 3.63) is 65.5 Å². The van der Waals surface area contributed by atoms with Gasteiger partial charge in [0.15, 0.2) is 5.69 Å². The number of carbonyl (C=O) groups is 1. The number of hydrogen-bond donors (Lipinski definition) is 1. The topological polar surface area (TPSA) is 64.3 Å². The number of benzene rings is 2. The zero-order valence-electron chi connectivity index (χ0n) is 13.8. The number of aromatic carboxylic acids is 1. The highest BCUT2D eigenvalue weighted by molar-refractivity contribution is 5.86. The average molecular weight is 322 g/mol.